The first-order valence-corrected chi connectivity index (χ1v) is 7.19. The first-order valence-electron chi connectivity index (χ1n) is 7.19. The van der Waals surface area contributed by atoms with E-state index in [0.29, 0.717) is 18.8 Å². The summed E-state index contributed by atoms with van der Waals surface area (Å²) < 4.78 is 0. The van der Waals surface area contributed by atoms with Gasteiger partial charge in [0.2, 0.25) is 5.91 Å². The molecular formula is C16H21NO3. The lowest BCUT2D eigenvalue weighted by atomic mass is 10.0. The number of hydrogen-bond acceptors (Lipinski definition) is 2. The summed E-state index contributed by atoms with van der Waals surface area (Å²) in [7, 11) is 0. The van der Waals surface area contributed by atoms with Gasteiger partial charge in [-0.25, -0.2) is 4.79 Å². The molecule has 1 aromatic carbocycles. The molecular weight excluding hydrogens is 254 g/mol. The molecule has 20 heavy (non-hydrogen) atoms. The van der Waals surface area contributed by atoms with Gasteiger partial charge in [0.15, 0.2) is 0 Å². The molecule has 0 bridgehead atoms. The molecule has 0 saturated heterocycles. The van der Waals surface area contributed by atoms with E-state index in [0.717, 1.165) is 19.3 Å². The molecule has 1 aromatic rings. The van der Waals surface area contributed by atoms with E-state index < -0.39 is 12.0 Å². The second-order valence-electron chi connectivity index (χ2n) is 5.49. The fourth-order valence-electron chi connectivity index (χ4n) is 2.86. The zero-order chi connectivity index (χ0) is 14.5. The Labute approximate surface area is 119 Å². The second-order valence-corrected chi connectivity index (χ2v) is 5.49. The fourth-order valence-corrected chi connectivity index (χ4v) is 2.86. The highest BCUT2D eigenvalue weighted by atomic mass is 16.4. The van der Waals surface area contributed by atoms with E-state index in [1.54, 1.807) is 0 Å². The molecule has 0 saturated carbocycles. The quantitative estimate of drug-likeness (QED) is 0.836. The third kappa shape index (κ3) is 3.59. The maximum atomic E-state index is 12.0. The van der Waals surface area contributed by atoms with E-state index in [-0.39, 0.29) is 5.91 Å². The van der Waals surface area contributed by atoms with Gasteiger partial charge in [0.25, 0.3) is 0 Å². The van der Waals surface area contributed by atoms with Gasteiger partial charge in [-0.15, -0.1) is 0 Å². The maximum Gasteiger partial charge on any atom is 0.326 e. The Morgan fingerprint density at radius 3 is 2.40 bits per heavy atom. The van der Waals surface area contributed by atoms with E-state index in [2.05, 4.69) is 17.4 Å². The van der Waals surface area contributed by atoms with Crippen molar-refractivity contribution >= 4 is 11.9 Å². The number of carboxylic acids is 1. The molecule has 2 N–H and O–H groups in total. The summed E-state index contributed by atoms with van der Waals surface area (Å²) in [5.74, 6) is -0.804. The molecule has 0 aromatic heterocycles. The van der Waals surface area contributed by atoms with Crippen LogP contribution in [0.5, 0.6) is 0 Å². The van der Waals surface area contributed by atoms with Crippen LogP contribution in [0.15, 0.2) is 24.3 Å². The Balaban J connectivity index is 1.86. The Morgan fingerprint density at radius 1 is 1.30 bits per heavy atom. The third-order valence-electron chi connectivity index (χ3n) is 3.82. The molecule has 1 aliphatic rings. The number of benzene rings is 1. The number of hydrogen-bond donors (Lipinski definition) is 2. The fraction of sp³-hybridized carbons (Fsp3) is 0.500. The van der Waals surface area contributed by atoms with Gasteiger partial charge in [-0.2, -0.15) is 0 Å². The highest BCUT2D eigenvalue weighted by Gasteiger charge is 2.25. The van der Waals surface area contributed by atoms with Crippen LogP contribution in [-0.4, -0.2) is 23.0 Å². The van der Waals surface area contributed by atoms with Crippen LogP contribution in [0.1, 0.15) is 37.3 Å². The molecule has 1 aliphatic carbocycles. The summed E-state index contributed by atoms with van der Waals surface area (Å²) in [6, 6.07) is 7.48. The Bertz CT molecular complexity index is 473. The van der Waals surface area contributed by atoms with Crippen LogP contribution >= 0.6 is 0 Å². The van der Waals surface area contributed by atoms with Gasteiger partial charge in [0.05, 0.1) is 0 Å². The summed E-state index contributed by atoms with van der Waals surface area (Å²) in [5.41, 5.74) is 2.63. The highest BCUT2D eigenvalue weighted by Crippen LogP contribution is 2.28. The van der Waals surface area contributed by atoms with E-state index in [1.165, 1.54) is 11.1 Å². The molecule has 0 aliphatic heterocycles. The van der Waals surface area contributed by atoms with Gasteiger partial charge < -0.3 is 10.4 Å². The van der Waals surface area contributed by atoms with Crippen molar-refractivity contribution in [1.29, 1.82) is 0 Å². The van der Waals surface area contributed by atoms with Crippen molar-refractivity contribution in [3.8, 4) is 0 Å². The predicted molar refractivity (Wildman–Crippen MR) is 76.4 cm³/mol. The summed E-state index contributed by atoms with van der Waals surface area (Å²) in [5, 5.41) is 11.7. The molecule has 0 spiro atoms. The van der Waals surface area contributed by atoms with Gasteiger partial charge in [-0.1, -0.05) is 37.6 Å². The lowest BCUT2D eigenvalue weighted by Gasteiger charge is -2.15. The third-order valence-corrected chi connectivity index (χ3v) is 3.82. The minimum Gasteiger partial charge on any atom is -0.480 e. The van der Waals surface area contributed by atoms with Gasteiger partial charge in [-0.3, -0.25) is 4.79 Å². The molecule has 4 heteroatoms. The standard InChI is InChI=1S/C16H21NO3/c1-2-5-14(16(19)20)17-15(18)10-11-8-12-6-3-4-7-13(12)9-11/h3-4,6-7,11,14H,2,5,8-10H2,1H3,(H,17,18)(H,19,20). The Morgan fingerprint density at radius 2 is 1.90 bits per heavy atom. The lowest BCUT2D eigenvalue weighted by molar-refractivity contribution is -0.142. The number of fused-ring (bicyclic) bond motifs is 1. The van der Waals surface area contributed by atoms with E-state index in [9.17, 15) is 9.59 Å². The van der Waals surface area contributed by atoms with Crippen LogP contribution in [0.25, 0.3) is 0 Å². The first kappa shape index (κ1) is 14.6. The minimum atomic E-state index is -0.949. The normalized spacial score (nSPS) is 15.7. The Kier molecular flexibility index (Phi) is 4.77. The topological polar surface area (TPSA) is 66.4 Å². The van der Waals surface area contributed by atoms with Crippen LogP contribution in [0, 0.1) is 5.92 Å². The maximum absolute atomic E-state index is 12.0. The van der Waals surface area contributed by atoms with Crippen LogP contribution in [-0.2, 0) is 22.4 Å². The summed E-state index contributed by atoms with van der Waals surface area (Å²) in [4.78, 5) is 23.0. The molecule has 0 fully saturated rings. The summed E-state index contributed by atoms with van der Waals surface area (Å²) >= 11 is 0. The van der Waals surface area contributed by atoms with Crippen molar-refractivity contribution < 1.29 is 14.7 Å². The predicted octanol–water partition coefficient (Wildman–Crippen LogP) is 2.16. The van der Waals surface area contributed by atoms with Crippen molar-refractivity contribution in [3.05, 3.63) is 35.4 Å². The molecule has 0 radical (unpaired) electrons. The number of carbonyl (C=O) groups excluding carboxylic acids is 1. The molecule has 0 heterocycles. The van der Waals surface area contributed by atoms with Crippen molar-refractivity contribution in [3.63, 3.8) is 0 Å². The highest BCUT2D eigenvalue weighted by molar-refractivity contribution is 5.83. The second kappa shape index (κ2) is 6.55. The smallest absolute Gasteiger partial charge is 0.326 e. The SMILES string of the molecule is CCCC(NC(=O)CC1Cc2ccccc2C1)C(=O)O. The van der Waals surface area contributed by atoms with Gasteiger partial charge in [-0.05, 0) is 36.3 Å². The van der Waals surface area contributed by atoms with Gasteiger partial charge in [0.1, 0.15) is 6.04 Å². The summed E-state index contributed by atoms with van der Waals surface area (Å²) in [6.45, 7) is 1.91. The van der Waals surface area contributed by atoms with Crippen molar-refractivity contribution in [2.45, 2.75) is 45.1 Å². The zero-order valence-electron chi connectivity index (χ0n) is 11.8. The molecule has 2 rings (SSSR count). The molecule has 1 amide bonds. The Hall–Kier alpha value is -1.84. The number of amides is 1. The number of nitrogens with one attached hydrogen (secondary N) is 1. The number of aliphatic carboxylic acids is 1. The molecule has 1 atom stereocenters. The van der Waals surface area contributed by atoms with Crippen LogP contribution < -0.4 is 5.32 Å². The average Bonchev–Trinajstić information content (AvgIpc) is 2.79. The van der Waals surface area contributed by atoms with E-state index >= 15 is 0 Å². The minimum absolute atomic E-state index is 0.149. The largest absolute Gasteiger partial charge is 0.480 e. The first-order chi connectivity index (χ1) is 9.60. The van der Waals surface area contributed by atoms with Crippen LogP contribution in [0.2, 0.25) is 0 Å². The van der Waals surface area contributed by atoms with Crippen molar-refractivity contribution in [2.24, 2.45) is 5.92 Å². The van der Waals surface area contributed by atoms with Crippen molar-refractivity contribution in [2.75, 3.05) is 0 Å². The summed E-state index contributed by atoms with van der Waals surface area (Å²) in [6.07, 6.45) is 3.45. The van der Waals surface area contributed by atoms with Crippen LogP contribution in [0.4, 0.5) is 0 Å². The lowest BCUT2D eigenvalue weighted by Crippen LogP contribution is -2.41. The average molecular weight is 275 g/mol. The van der Waals surface area contributed by atoms with E-state index in [4.69, 9.17) is 5.11 Å². The van der Waals surface area contributed by atoms with Gasteiger partial charge in [0, 0.05) is 6.42 Å². The number of rotatable bonds is 6. The van der Waals surface area contributed by atoms with E-state index in [1.807, 2.05) is 19.1 Å². The monoisotopic (exact) mass is 275 g/mol. The zero-order valence-corrected chi connectivity index (χ0v) is 11.8. The number of carboxylic acid groups (broad SMARTS) is 1. The molecule has 108 valence electrons. The van der Waals surface area contributed by atoms with Gasteiger partial charge >= 0.3 is 5.97 Å². The molecule has 1 unspecified atom stereocenters. The molecule has 4 nitrogen and oxygen atoms in total. The van der Waals surface area contributed by atoms with Crippen molar-refractivity contribution in [1.82, 2.24) is 5.32 Å². The number of carbonyl (C=O) groups is 2. The van der Waals surface area contributed by atoms with Crippen LogP contribution in [0.3, 0.4) is 0 Å².